The van der Waals surface area contributed by atoms with Gasteiger partial charge in [-0.25, -0.2) is 17.6 Å². The number of hydrogen-bond acceptors (Lipinski definition) is 6. The molecule has 1 aromatic heterocycles. The van der Waals surface area contributed by atoms with Crippen molar-refractivity contribution in [3.05, 3.63) is 93.8 Å². The van der Waals surface area contributed by atoms with Crippen LogP contribution in [0.1, 0.15) is 62.4 Å². The van der Waals surface area contributed by atoms with Crippen molar-refractivity contribution in [1.82, 2.24) is 9.88 Å². The Balaban J connectivity index is 1.51. The van der Waals surface area contributed by atoms with E-state index in [-0.39, 0.29) is 24.1 Å². The summed E-state index contributed by atoms with van der Waals surface area (Å²) in [7, 11) is 0. The van der Waals surface area contributed by atoms with Crippen molar-refractivity contribution in [2.24, 2.45) is 5.92 Å². The van der Waals surface area contributed by atoms with Gasteiger partial charge in [-0.1, -0.05) is 12.7 Å². The van der Waals surface area contributed by atoms with Gasteiger partial charge in [0.05, 0.1) is 35.8 Å². The molecule has 1 aromatic carbocycles. The number of nitrogen functional groups attached to an aromatic ring is 1. The van der Waals surface area contributed by atoms with E-state index in [1.165, 1.54) is 0 Å². The maximum absolute atomic E-state index is 15.4. The van der Waals surface area contributed by atoms with Gasteiger partial charge < -0.3 is 20.5 Å². The van der Waals surface area contributed by atoms with Gasteiger partial charge in [0.2, 0.25) is 0 Å². The lowest BCUT2D eigenvalue weighted by atomic mass is 9.90. The van der Waals surface area contributed by atoms with Crippen LogP contribution in [0.15, 0.2) is 65.5 Å². The summed E-state index contributed by atoms with van der Waals surface area (Å²) in [6, 6.07) is 3.79. The van der Waals surface area contributed by atoms with Crippen molar-refractivity contribution < 1.29 is 31.8 Å². The van der Waals surface area contributed by atoms with Crippen LogP contribution in [0.25, 0.3) is 5.69 Å². The van der Waals surface area contributed by atoms with Gasteiger partial charge in [0.25, 0.3) is 5.56 Å². The van der Waals surface area contributed by atoms with Gasteiger partial charge >= 0.3 is 0 Å². The molecule has 1 heterocycles. The van der Waals surface area contributed by atoms with Gasteiger partial charge in [-0.2, -0.15) is 0 Å². The molecule has 44 heavy (non-hydrogen) atoms. The number of carbonyl (C=O) groups is 1. The molecule has 1 saturated carbocycles. The fourth-order valence-corrected chi connectivity index (χ4v) is 5.29. The van der Waals surface area contributed by atoms with Crippen molar-refractivity contribution >= 4 is 11.6 Å². The predicted octanol–water partition coefficient (Wildman–Crippen LogP) is 6.05. The molecule has 7 nitrogen and oxygen atoms in total. The van der Waals surface area contributed by atoms with E-state index in [1.54, 1.807) is 0 Å². The van der Waals surface area contributed by atoms with E-state index in [0.717, 1.165) is 62.1 Å². The Morgan fingerprint density at radius 1 is 1.16 bits per heavy atom. The molecule has 0 bridgehead atoms. The minimum absolute atomic E-state index is 0.110. The highest BCUT2D eigenvalue weighted by molar-refractivity contribution is 6.03. The maximum Gasteiger partial charge on any atom is 0.256 e. The molecule has 2 aliphatic carbocycles. The van der Waals surface area contributed by atoms with E-state index in [2.05, 4.69) is 11.9 Å². The number of carbonyl (C=O) groups excluding carboxylic acids is 1. The van der Waals surface area contributed by atoms with Gasteiger partial charge in [0.15, 0.2) is 17.4 Å². The summed E-state index contributed by atoms with van der Waals surface area (Å²) < 4.78 is 71.1. The summed E-state index contributed by atoms with van der Waals surface area (Å²) in [6.07, 6.45) is 5.12. The number of allylic oxidation sites excluding steroid dienone is 4. The van der Waals surface area contributed by atoms with E-state index in [4.69, 9.17) is 15.2 Å². The normalized spacial score (nSPS) is 19.6. The standard InChI is InChI=1S/C33H39F4N3O4/c1-19(44-22-7-5-6-8-22)28(18-43-33(2,3)4)39-14-13-20-15-26(36)30(27(37)16-20)40-29(41)12-11-24(32(40)38)31(42)23-10-9-21(34)17-25(23)35/h9-12,15-17,22-23,25,28,39H,1,5-8,13-14,18,38H2,2-4H3/t23?,25-,28+/m1/s1. The van der Waals surface area contributed by atoms with Crippen LogP contribution in [-0.2, 0) is 15.9 Å². The molecule has 0 aliphatic heterocycles. The fraction of sp³-hybridized carbons (Fsp3) is 0.455. The maximum atomic E-state index is 15.4. The minimum atomic E-state index is -1.97. The van der Waals surface area contributed by atoms with E-state index in [1.807, 2.05) is 20.8 Å². The molecule has 4 rings (SSSR count). The monoisotopic (exact) mass is 617 g/mol. The molecule has 1 fully saturated rings. The second kappa shape index (κ2) is 13.9. The summed E-state index contributed by atoms with van der Waals surface area (Å²) >= 11 is 0. The third-order valence-electron chi connectivity index (χ3n) is 7.62. The van der Waals surface area contributed by atoms with Crippen molar-refractivity contribution in [1.29, 1.82) is 0 Å². The quantitative estimate of drug-likeness (QED) is 0.171. The zero-order chi connectivity index (χ0) is 32.2. The van der Waals surface area contributed by atoms with Crippen LogP contribution in [-0.4, -0.2) is 47.4 Å². The number of aromatic nitrogens is 1. The van der Waals surface area contributed by atoms with Gasteiger partial charge in [-0.05, 0) is 95.3 Å². The van der Waals surface area contributed by atoms with E-state index >= 15 is 8.78 Å². The molecule has 2 aromatic rings. The highest BCUT2D eigenvalue weighted by Crippen LogP contribution is 2.29. The largest absolute Gasteiger partial charge is 0.494 e. The average Bonchev–Trinajstić information content (AvgIpc) is 3.44. The fourth-order valence-electron chi connectivity index (χ4n) is 5.29. The SMILES string of the molecule is C=C(OC1CCCC1)[C@H](COC(C)(C)C)NCCc1cc(F)c(-n2c(N)c(C(=O)C3C=CC(F)=C[C@H]3F)ccc2=O)c(F)c1. The first-order chi connectivity index (χ1) is 20.7. The molecule has 0 saturated heterocycles. The van der Waals surface area contributed by atoms with Gasteiger partial charge in [0.1, 0.15) is 29.3 Å². The smallest absolute Gasteiger partial charge is 0.256 e. The van der Waals surface area contributed by atoms with Crippen LogP contribution in [0, 0.1) is 17.6 Å². The number of rotatable bonds is 12. The van der Waals surface area contributed by atoms with Crippen LogP contribution in [0.3, 0.4) is 0 Å². The number of ketones is 1. The highest BCUT2D eigenvalue weighted by atomic mass is 19.1. The highest BCUT2D eigenvalue weighted by Gasteiger charge is 2.31. The first kappa shape index (κ1) is 33.2. The van der Waals surface area contributed by atoms with E-state index < -0.39 is 58.0 Å². The lowest BCUT2D eigenvalue weighted by Gasteiger charge is -2.28. The summed E-state index contributed by atoms with van der Waals surface area (Å²) in [5.41, 5.74) is 3.98. The Hall–Kier alpha value is -3.70. The Kier molecular flexibility index (Phi) is 10.5. The van der Waals surface area contributed by atoms with Crippen molar-refractivity contribution in [3.8, 4) is 5.69 Å². The van der Waals surface area contributed by atoms with Crippen LogP contribution in [0.4, 0.5) is 23.4 Å². The number of nitrogens with one attached hydrogen (secondary N) is 1. The molecule has 3 N–H and O–H groups in total. The molecule has 0 amide bonds. The summed E-state index contributed by atoms with van der Waals surface area (Å²) in [4.78, 5) is 25.7. The number of benzene rings is 1. The molecule has 11 heteroatoms. The number of hydrogen-bond donors (Lipinski definition) is 2. The Morgan fingerprint density at radius 2 is 1.82 bits per heavy atom. The first-order valence-corrected chi connectivity index (χ1v) is 14.7. The number of ether oxygens (including phenoxy) is 2. The molecular formula is C33H39F4N3O4. The second-order valence-corrected chi connectivity index (χ2v) is 12.1. The number of alkyl halides is 1. The molecule has 0 radical (unpaired) electrons. The first-order valence-electron chi connectivity index (χ1n) is 14.7. The van der Waals surface area contributed by atoms with Crippen molar-refractivity contribution in [3.63, 3.8) is 0 Å². The van der Waals surface area contributed by atoms with Gasteiger partial charge in [0, 0.05) is 6.07 Å². The van der Waals surface area contributed by atoms with Crippen molar-refractivity contribution in [2.45, 2.75) is 76.8 Å². The van der Waals surface area contributed by atoms with Gasteiger partial charge in [-0.3, -0.25) is 14.2 Å². The zero-order valence-electron chi connectivity index (χ0n) is 25.2. The minimum Gasteiger partial charge on any atom is -0.494 e. The number of nitrogens with zero attached hydrogens (tertiary/aromatic N) is 1. The topological polar surface area (TPSA) is 95.6 Å². The van der Waals surface area contributed by atoms with E-state index in [9.17, 15) is 18.4 Å². The third kappa shape index (κ3) is 8.06. The molecule has 1 unspecified atom stereocenters. The molecule has 2 aliphatic rings. The Labute approximate surface area is 254 Å². The lowest BCUT2D eigenvalue weighted by molar-refractivity contribution is -0.0204. The van der Waals surface area contributed by atoms with Crippen molar-refractivity contribution in [2.75, 3.05) is 18.9 Å². The second-order valence-electron chi connectivity index (χ2n) is 12.1. The molecular weight excluding hydrogens is 578 g/mol. The number of nitrogens with two attached hydrogens (primary N) is 1. The lowest BCUT2D eigenvalue weighted by Crippen LogP contribution is -2.40. The number of halogens is 4. The molecule has 3 atom stereocenters. The number of pyridine rings is 1. The van der Waals surface area contributed by atoms with Crippen LogP contribution >= 0.6 is 0 Å². The third-order valence-corrected chi connectivity index (χ3v) is 7.62. The molecule has 238 valence electrons. The Bertz CT molecular complexity index is 1480. The Morgan fingerprint density at radius 3 is 2.43 bits per heavy atom. The zero-order valence-corrected chi connectivity index (χ0v) is 25.2. The van der Waals surface area contributed by atoms with Crippen LogP contribution < -0.4 is 16.6 Å². The summed E-state index contributed by atoms with van der Waals surface area (Å²) in [5, 5.41) is 3.30. The predicted molar refractivity (Wildman–Crippen MR) is 161 cm³/mol. The van der Waals surface area contributed by atoms with Crippen LogP contribution in [0.2, 0.25) is 0 Å². The average molecular weight is 618 g/mol. The van der Waals surface area contributed by atoms with E-state index in [0.29, 0.717) is 35.1 Å². The molecule has 0 spiro atoms. The number of Topliss-reactive ketones (excluding diaryl/α,β-unsaturated/α-hetero) is 1. The van der Waals surface area contributed by atoms with Crippen LogP contribution in [0.5, 0.6) is 0 Å². The summed E-state index contributed by atoms with van der Waals surface area (Å²) in [6.45, 7) is 10.5. The number of anilines is 1. The van der Waals surface area contributed by atoms with Gasteiger partial charge in [-0.15, -0.1) is 0 Å². The summed E-state index contributed by atoms with van der Waals surface area (Å²) in [5.74, 6) is -5.29.